The van der Waals surface area contributed by atoms with Crippen LogP contribution in [0.5, 0.6) is 11.5 Å². The Bertz CT molecular complexity index is 1160. The van der Waals surface area contributed by atoms with Crippen LogP contribution in [0.2, 0.25) is 10.0 Å². The number of nitrogen functional groups attached to an aromatic ring is 1. The zero-order valence-electron chi connectivity index (χ0n) is 18.2. The molecule has 3 N–H and O–H groups in total. The van der Waals surface area contributed by atoms with Gasteiger partial charge in [-0.2, -0.15) is 0 Å². The Morgan fingerprint density at radius 3 is 2.61 bits per heavy atom. The molecule has 174 valence electrons. The summed E-state index contributed by atoms with van der Waals surface area (Å²) < 4.78 is 25.6. The van der Waals surface area contributed by atoms with Crippen molar-refractivity contribution in [3.05, 3.63) is 58.1 Å². The number of rotatable bonds is 6. The van der Waals surface area contributed by atoms with Crippen molar-refractivity contribution in [1.82, 2.24) is 15.3 Å². The number of ether oxygens (including phenoxy) is 2. The summed E-state index contributed by atoms with van der Waals surface area (Å²) in [7, 11) is 1.61. The summed E-state index contributed by atoms with van der Waals surface area (Å²) in [6, 6.07) is 6.30. The van der Waals surface area contributed by atoms with E-state index in [-0.39, 0.29) is 10.8 Å². The van der Waals surface area contributed by atoms with Crippen LogP contribution in [0.4, 0.5) is 16.0 Å². The molecule has 0 saturated carbocycles. The fourth-order valence-corrected chi connectivity index (χ4v) is 4.42. The number of nitrogens with zero attached hydrogens (tertiary/aromatic N) is 3. The second-order valence-corrected chi connectivity index (χ2v) is 8.39. The van der Waals surface area contributed by atoms with E-state index in [0.29, 0.717) is 27.6 Å². The van der Waals surface area contributed by atoms with Crippen LogP contribution < -0.4 is 25.4 Å². The highest BCUT2D eigenvalue weighted by Crippen LogP contribution is 2.38. The highest BCUT2D eigenvalue weighted by Gasteiger charge is 2.21. The van der Waals surface area contributed by atoms with E-state index in [1.807, 2.05) is 6.07 Å². The molecule has 0 aliphatic carbocycles. The molecule has 1 aliphatic rings. The van der Waals surface area contributed by atoms with Crippen LogP contribution in [-0.2, 0) is 0 Å². The lowest BCUT2D eigenvalue weighted by Gasteiger charge is -2.28. The number of hydrogen-bond acceptors (Lipinski definition) is 7. The summed E-state index contributed by atoms with van der Waals surface area (Å²) in [6.07, 6.45) is 2.70. The lowest BCUT2D eigenvalue weighted by molar-refractivity contribution is 0.227. The molecule has 1 unspecified atom stereocenters. The standard InChI is InChI=1S/C23H24Cl2FN5O2/c1-13(21-16(24)3-4-17(26)22(21)25)33-19-9-14(11-30-23(19)27)15-12-29-20(10-18(15)32-2)31-7-5-28-6-8-31/h3-4,9-13,28H,5-8H2,1-2H3,(H2,27,30). The quantitative estimate of drug-likeness (QED) is 0.482. The topological polar surface area (TPSA) is 85.5 Å². The number of nitrogens with one attached hydrogen (secondary N) is 1. The number of hydrogen-bond donors (Lipinski definition) is 2. The minimum atomic E-state index is -0.671. The summed E-state index contributed by atoms with van der Waals surface area (Å²) in [5, 5.41) is 3.53. The van der Waals surface area contributed by atoms with Crippen LogP contribution in [0.1, 0.15) is 18.6 Å². The Kier molecular flexibility index (Phi) is 7.07. The van der Waals surface area contributed by atoms with Gasteiger partial charge in [-0.1, -0.05) is 23.2 Å². The van der Waals surface area contributed by atoms with Crippen LogP contribution >= 0.6 is 23.2 Å². The summed E-state index contributed by atoms with van der Waals surface area (Å²) in [4.78, 5) is 11.1. The van der Waals surface area contributed by atoms with Crippen molar-refractivity contribution >= 4 is 34.8 Å². The molecule has 7 nitrogen and oxygen atoms in total. The number of benzene rings is 1. The van der Waals surface area contributed by atoms with E-state index in [9.17, 15) is 4.39 Å². The molecule has 1 saturated heterocycles. The van der Waals surface area contributed by atoms with Crippen LogP contribution in [0.15, 0.2) is 36.7 Å². The summed E-state index contributed by atoms with van der Waals surface area (Å²) in [5.41, 5.74) is 7.84. The Morgan fingerprint density at radius 1 is 1.12 bits per heavy atom. The number of nitrogens with two attached hydrogens (primary N) is 1. The average Bonchev–Trinajstić information content (AvgIpc) is 2.83. The van der Waals surface area contributed by atoms with Gasteiger partial charge in [0, 0.05) is 66.4 Å². The van der Waals surface area contributed by atoms with Gasteiger partial charge in [-0.3, -0.25) is 0 Å². The summed E-state index contributed by atoms with van der Waals surface area (Å²) in [5.74, 6) is 1.41. The van der Waals surface area contributed by atoms with Gasteiger partial charge in [-0.15, -0.1) is 0 Å². The minimum absolute atomic E-state index is 0.0907. The Hall–Kier alpha value is -2.81. The number of halogens is 3. The number of pyridine rings is 2. The molecule has 2 aromatic heterocycles. The van der Waals surface area contributed by atoms with Crippen LogP contribution in [-0.4, -0.2) is 43.3 Å². The van der Waals surface area contributed by atoms with Crippen molar-refractivity contribution in [2.45, 2.75) is 13.0 Å². The first-order valence-corrected chi connectivity index (χ1v) is 11.2. The summed E-state index contributed by atoms with van der Waals surface area (Å²) in [6.45, 7) is 5.28. The molecule has 0 radical (unpaired) electrons. The van der Waals surface area contributed by atoms with Gasteiger partial charge in [0.15, 0.2) is 11.6 Å². The molecule has 10 heteroatoms. The Balaban J connectivity index is 1.64. The minimum Gasteiger partial charge on any atom is -0.496 e. The van der Waals surface area contributed by atoms with Crippen molar-refractivity contribution in [2.24, 2.45) is 0 Å². The zero-order chi connectivity index (χ0) is 23.5. The van der Waals surface area contributed by atoms with E-state index in [1.165, 1.54) is 12.1 Å². The normalized spacial score (nSPS) is 14.8. The smallest absolute Gasteiger partial charge is 0.166 e. The molecular weight excluding hydrogens is 468 g/mol. The molecule has 0 amide bonds. The van der Waals surface area contributed by atoms with E-state index < -0.39 is 11.9 Å². The van der Waals surface area contributed by atoms with Crippen molar-refractivity contribution < 1.29 is 13.9 Å². The van der Waals surface area contributed by atoms with Gasteiger partial charge in [0.25, 0.3) is 0 Å². The third-order valence-electron chi connectivity index (χ3n) is 5.49. The largest absolute Gasteiger partial charge is 0.496 e. The predicted octanol–water partition coefficient (Wildman–Crippen LogP) is 4.73. The highest BCUT2D eigenvalue weighted by atomic mass is 35.5. The molecule has 0 spiro atoms. The molecule has 4 rings (SSSR count). The van der Waals surface area contributed by atoms with Gasteiger partial charge >= 0.3 is 0 Å². The fraction of sp³-hybridized carbons (Fsp3) is 0.304. The Morgan fingerprint density at radius 2 is 1.88 bits per heavy atom. The van der Waals surface area contributed by atoms with E-state index in [1.54, 1.807) is 32.5 Å². The highest BCUT2D eigenvalue weighted by molar-refractivity contribution is 6.36. The number of piperazine rings is 1. The van der Waals surface area contributed by atoms with Crippen LogP contribution in [0, 0.1) is 5.82 Å². The molecule has 1 atom stereocenters. The molecule has 1 fully saturated rings. The second-order valence-electron chi connectivity index (χ2n) is 7.60. The van der Waals surface area contributed by atoms with E-state index in [2.05, 4.69) is 20.2 Å². The first-order chi connectivity index (χ1) is 15.9. The van der Waals surface area contributed by atoms with Gasteiger partial charge < -0.3 is 25.4 Å². The zero-order valence-corrected chi connectivity index (χ0v) is 19.8. The maximum Gasteiger partial charge on any atom is 0.166 e. The average molecular weight is 492 g/mol. The van der Waals surface area contributed by atoms with Crippen molar-refractivity contribution in [3.8, 4) is 22.6 Å². The predicted molar refractivity (Wildman–Crippen MR) is 129 cm³/mol. The van der Waals surface area contributed by atoms with E-state index in [0.717, 1.165) is 37.6 Å². The van der Waals surface area contributed by atoms with Crippen LogP contribution in [0.25, 0.3) is 11.1 Å². The van der Waals surface area contributed by atoms with Gasteiger partial charge in [0.1, 0.15) is 23.5 Å². The van der Waals surface area contributed by atoms with Crippen molar-refractivity contribution in [1.29, 1.82) is 0 Å². The third kappa shape index (κ3) is 4.93. The maximum absolute atomic E-state index is 14.0. The monoisotopic (exact) mass is 491 g/mol. The molecule has 33 heavy (non-hydrogen) atoms. The molecule has 0 bridgehead atoms. The lowest BCUT2D eigenvalue weighted by Crippen LogP contribution is -2.43. The lowest BCUT2D eigenvalue weighted by atomic mass is 10.1. The first kappa shape index (κ1) is 23.4. The molecule has 3 heterocycles. The van der Waals surface area contributed by atoms with Crippen molar-refractivity contribution in [2.75, 3.05) is 43.9 Å². The van der Waals surface area contributed by atoms with Gasteiger partial charge in [-0.05, 0) is 25.1 Å². The van der Waals surface area contributed by atoms with Gasteiger partial charge in [0.2, 0.25) is 0 Å². The maximum atomic E-state index is 14.0. The van der Waals surface area contributed by atoms with Crippen molar-refractivity contribution in [3.63, 3.8) is 0 Å². The number of anilines is 2. The van der Waals surface area contributed by atoms with Gasteiger partial charge in [-0.25, -0.2) is 14.4 Å². The van der Waals surface area contributed by atoms with E-state index >= 15 is 0 Å². The molecule has 1 aliphatic heterocycles. The first-order valence-electron chi connectivity index (χ1n) is 10.4. The van der Waals surface area contributed by atoms with E-state index in [4.69, 9.17) is 38.4 Å². The van der Waals surface area contributed by atoms with Crippen LogP contribution in [0.3, 0.4) is 0 Å². The number of methoxy groups -OCH3 is 1. The third-order valence-corrected chi connectivity index (χ3v) is 6.21. The number of aromatic nitrogens is 2. The molecular formula is C23H24Cl2FN5O2. The SMILES string of the molecule is COc1cc(N2CCNCC2)ncc1-c1cnc(N)c(OC(C)c2c(Cl)ccc(F)c2Cl)c1. The second kappa shape index (κ2) is 9.99. The Labute approximate surface area is 201 Å². The summed E-state index contributed by atoms with van der Waals surface area (Å²) >= 11 is 12.4. The molecule has 1 aromatic carbocycles. The fourth-order valence-electron chi connectivity index (χ4n) is 3.74. The van der Waals surface area contributed by atoms with Gasteiger partial charge in [0.05, 0.1) is 12.1 Å². The molecule has 3 aromatic rings.